The average molecular weight is 1460 g/mol. The molecule has 0 N–H and O–H groups in total. The molecule has 0 saturated heterocycles. The van der Waals surface area contributed by atoms with Crippen molar-refractivity contribution in [3.8, 4) is 136 Å². The van der Waals surface area contributed by atoms with Gasteiger partial charge in [-0.15, -0.1) is 0 Å². The molecule has 0 aliphatic heterocycles. The first kappa shape index (κ1) is 68.8. The Balaban J connectivity index is 0.000000115. The van der Waals surface area contributed by atoms with Crippen molar-refractivity contribution in [1.29, 1.82) is 0 Å². The number of nitrogens with zero attached hydrogens (tertiary/aromatic N) is 13. The van der Waals surface area contributed by atoms with Gasteiger partial charge < -0.3 is 0 Å². The van der Waals surface area contributed by atoms with Gasteiger partial charge in [0.25, 0.3) is 0 Å². The average Bonchev–Trinajstić information content (AvgIpc) is 0.790. The molecule has 0 aliphatic carbocycles. The smallest absolute Gasteiger partial charge is 0.164 e. The second-order valence-corrected chi connectivity index (χ2v) is 27.6. The summed E-state index contributed by atoms with van der Waals surface area (Å²) < 4.78 is 0. The molecule has 534 valence electrons. The summed E-state index contributed by atoms with van der Waals surface area (Å²) in [6, 6.07) is 124. The lowest BCUT2D eigenvalue weighted by Crippen LogP contribution is -2.00. The van der Waals surface area contributed by atoms with E-state index >= 15 is 0 Å². The van der Waals surface area contributed by atoms with Crippen LogP contribution in [0, 0.1) is 0 Å². The summed E-state index contributed by atoms with van der Waals surface area (Å²) in [4.78, 5) is 61.8. The van der Waals surface area contributed by atoms with E-state index in [2.05, 4.69) is 293 Å². The van der Waals surface area contributed by atoms with Gasteiger partial charge in [0.1, 0.15) is 0 Å². The zero-order valence-corrected chi connectivity index (χ0v) is 61.3. The van der Waals surface area contributed by atoms with E-state index in [0.717, 1.165) is 110 Å². The van der Waals surface area contributed by atoms with Crippen molar-refractivity contribution in [1.82, 2.24) is 64.8 Å². The number of hydrogen-bond acceptors (Lipinski definition) is 13. The molecule has 114 heavy (non-hydrogen) atoms. The van der Waals surface area contributed by atoms with Crippen molar-refractivity contribution in [2.24, 2.45) is 0 Å². The standard InChI is InChI=1S/2C34H22N4.C33H21N5/c1-3-9-27-21-29(18-12-23(27)7-1)33-36-32(26-16-14-25(15-17-26)31-11-5-6-20-35-31)37-34(38-33)30-19-13-24-8-2-4-10-28(24)22-30;1-3-8-27-20-29(17-13-23(27)6-1)33-36-32(26-15-11-25(12-16-26)31-10-5-19-35-22-31)37-34(38-33)30-18-14-24-7-2-4-9-28(24)21-30;1-3-8-26-20-28(16-10-22(26)6-1)32-36-31(25-14-12-24(13-15-25)30-34-18-5-19-35-30)37-33(38-32)29-17-11-23-7-2-4-9-27(23)21-29/h2*1-22H;1-21H. The zero-order chi connectivity index (χ0) is 75.9. The van der Waals surface area contributed by atoms with Crippen LogP contribution in [0.2, 0.25) is 0 Å². The van der Waals surface area contributed by atoms with E-state index in [1.165, 1.54) is 32.3 Å². The van der Waals surface area contributed by atoms with Crippen LogP contribution in [0.5, 0.6) is 0 Å². The van der Waals surface area contributed by atoms with Gasteiger partial charge in [0.05, 0.1) is 5.69 Å². The van der Waals surface area contributed by atoms with Gasteiger partial charge in [-0.3, -0.25) is 9.97 Å². The van der Waals surface area contributed by atoms with Gasteiger partial charge >= 0.3 is 0 Å². The number of rotatable bonds is 12. The Morgan fingerprint density at radius 3 is 0.640 bits per heavy atom. The minimum absolute atomic E-state index is 0.617. The van der Waals surface area contributed by atoms with E-state index < -0.39 is 0 Å². The van der Waals surface area contributed by atoms with Crippen LogP contribution in [0.1, 0.15) is 0 Å². The molecule has 13 nitrogen and oxygen atoms in total. The highest BCUT2D eigenvalue weighted by Crippen LogP contribution is 2.35. The molecule has 6 heterocycles. The molecule has 0 radical (unpaired) electrons. The predicted octanol–water partition coefficient (Wildman–Crippen LogP) is 24.1. The lowest BCUT2D eigenvalue weighted by molar-refractivity contribution is 1.07. The largest absolute Gasteiger partial charge is 0.264 e. The predicted molar refractivity (Wildman–Crippen MR) is 461 cm³/mol. The van der Waals surface area contributed by atoms with Crippen LogP contribution in [-0.4, -0.2) is 64.8 Å². The molecule has 0 atom stereocenters. The third-order valence-corrected chi connectivity index (χ3v) is 20.2. The van der Waals surface area contributed by atoms with E-state index in [4.69, 9.17) is 44.9 Å². The summed E-state index contributed by atoms with van der Waals surface area (Å²) in [5.41, 5.74) is 13.6. The van der Waals surface area contributed by atoms with Crippen LogP contribution in [0.4, 0.5) is 0 Å². The first-order valence-electron chi connectivity index (χ1n) is 37.5. The Morgan fingerprint density at radius 1 is 0.132 bits per heavy atom. The molecule has 0 bridgehead atoms. The van der Waals surface area contributed by atoms with Crippen LogP contribution in [0.25, 0.3) is 201 Å². The summed E-state index contributed by atoms with van der Waals surface area (Å²) in [7, 11) is 0. The van der Waals surface area contributed by atoms with Crippen LogP contribution in [0.15, 0.2) is 395 Å². The van der Waals surface area contributed by atoms with Crippen LogP contribution >= 0.6 is 0 Å². The number of fused-ring (bicyclic) bond motifs is 6. The fourth-order valence-corrected chi connectivity index (χ4v) is 14.1. The lowest BCUT2D eigenvalue weighted by atomic mass is 10.0. The van der Waals surface area contributed by atoms with Gasteiger partial charge in [0.2, 0.25) is 0 Å². The first-order chi connectivity index (χ1) is 56.4. The fourth-order valence-electron chi connectivity index (χ4n) is 14.1. The van der Waals surface area contributed by atoms with Crippen LogP contribution < -0.4 is 0 Å². The summed E-state index contributed by atoms with van der Waals surface area (Å²) >= 11 is 0. The Morgan fingerprint density at radius 2 is 0.368 bits per heavy atom. The summed E-state index contributed by atoms with van der Waals surface area (Å²) in [5, 5.41) is 14.0. The molecule has 0 unspecified atom stereocenters. The van der Waals surface area contributed by atoms with Crippen molar-refractivity contribution in [2.75, 3.05) is 0 Å². The number of hydrogen-bond donors (Lipinski definition) is 0. The Hall–Kier alpha value is -15.7. The molecule has 15 aromatic carbocycles. The second-order valence-electron chi connectivity index (χ2n) is 27.6. The van der Waals surface area contributed by atoms with Crippen LogP contribution in [0.3, 0.4) is 0 Å². The highest BCUT2D eigenvalue weighted by Gasteiger charge is 2.19. The Kier molecular flexibility index (Phi) is 18.8. The third kappa shape index (κ3) is 14.9. The van der Waals surface area contributed by atoms with Gasteiger partial charge in [-0.05, 0) is 136 Å². The lowest BCUT2D eigenvalue weighted by Gasteiger charge is -2.10. The topological polar surface area (TPSA) is 168 Å². The molecule has 0 amide bonds. The van der Waals surface area contributed by atoms with Crippen LogP contribution in [-0.2, 0) is 0 Å². The molecule has 13 heteroatoms. The number of benzene rings is 15. The third-order valence-electron chi connectivity index (χ3n) is 20.2. The second kappa shape index (κ2) is 31.1. The maximum absolute atomic E-state index is 4.95. The molecule has 0 aliphatic rings. The Labute approximate surface area is 656 Å². The van der Waals surface area contributed by atoms with Gasteiger partial charge in [0, 0.05) is 92.2 Å². The SMILES string of the molecule is c1ccc(-c2ccc(-c3nc(-c4ccc5ccccc5c4)nc(-c4ccc5ccccc5c4)n3)cc2)nc1.c1cnc(-c2ccc(-c3nc(-c4ccc5ccccc5c4)nc(-c4ccc5ccccc5c4)n3)cc2)nc1.c1cncc(-c2ccc(-c3nc(-c4ccc5ccccc5c4)nc(-c4ccc5ccccc5c4)n3)cc2)c1. The molecule has 0 saturated carbocycles. The highest BCUT2D eigenvalue weighted by atomic mass is 15.1. The number of aromatic nitrogens is 13. The van der Waals surface area contributed by atoms with Crippen molar-refractivity contribution >= 4 is 64.6 Å². The molecule has 0 spiro atoms. The van der Waals surface area contributed by atoms with Gasteiger partial charge in [-0.25, -0.2) is 54.8 Å². The summed E-state index contributed by atoms with van der Waals surface area (Å²) in [5.74, 6) is 6.47. The summed E-state index contributed by atoms with van der Waals surface area (Å²) in [6.45, 7) is 0. The Bertz CT molecular complexity index is 6120. The number of pyridine rings is 2. The summed E-state index contributed by atoms with van der Waals surface area (Å²) in [6.07, 6.45) is 8.95. The van der Waals surface area contributed by atoms with Crippen molar-refractivity contribution < 1.29 is 0 Å². The van der Waals surface area contributed by atoms with Crippen molar-refractivity contribution in [3.05, 3.63) is 395 Å². The van der Waals surface area contributed by atoms with E-state index in [1.807, 2.05) is 97.2 Å². The molecule has 21 aromatic rings. The van der Waals surface area contributed by atoms with Crippen molar-refractivity contribution in [2.45, 2.75) is 0 Å². The quantitative estimate of drug-likeness (QED) is 0.113. The van der Waals surface area contributed by atoms with E-state index in [1.54, 1.807) is 24.8 Å². The highest BCUT2D eigenvalue weighted by molar-refractivity contribution is 5.93. The first-order valence-corrected chi connectivity index (χ1v) is 37.5. The van der Waals surface area contributed by atoms with Gasteiger partial charge in [-0.2, -0.15) is 0 Å². The zero-order valence-electron chi connectivity index (χ0n) is 61.3. The van der Waals surface area contributed by atoms with E-state index in [-0.39, 0.29) is 0 Å². The molecule has 21 rings (SSSR count). The normalized spacial score (nSPS) is 11.2. The molecule has 0 fully saturated rings. The molecular formula is C101H65N13. The van der Waals surface area contributed by atoms with Crippen molar-refractivity contribution in [3.63, 3.8) is 0 Å². The molecular weight excluding hydrogens is 1400 g/mol. The maximum Gasteiger partial charge on any atom is 0.164 e. The van der Waals surface area contributed by atoms with E-state index in [9.17, 15) is 0 Å². The molecule has 6 aromatic heterocycles. The van der Waals surface area contributed by atoms with Gasteiger partial charge in [-0.1, -0.05) is 303 Å². The minimum Gasteiger partial charge on any atom is -0.264 e. The monoisotopic (exact) mass is 1460 g/mol. The van der Waals surface area contributed by atoms with Gasteiger partial charge in [0.15, 0.2) is 58.2 Å². The maximum atomic E-state index is 4.95. The fraction of sp³-hybridized carbons (Fsp3) is 0. The minimum atomic E-state index is 0.617. The van der Waals surface area contributed by atoms with E-state index in [0.29, 0.717) is 58.2 Å².